The van der Waals surface area contributed by atoms with Crippen LogP contribution in [-0.2, 0) is 0 Å². The van der Waals surface area contributed by atoms with E-state index in [0.29, 0.717) is 12.1 Å². The SMILES string of the molecule is OC(CNCC(C1CC1)C1CC1)c1ccccc1F. The summed E-state index contributed by atoms with van der Waals surface area (Å²) in [6.45, 7) is 1.41. The quantitative estimate of drug-likeness (QED) is 0.793. The van der Waals surface area contributed by atoms with Crippen molar-refractivity contribution in [3.8, 4) is 0 Å². The van der Waals surface area contributed by atoms with Gasteiger partial charge in [-0.2, -0.15) is 0 Å². The second kappa shape index (κ2) is 5.59. The van der Waals surface area contributed by atoms with Gasteiger partial charge in [0.15, 0.2) is 0 Å². The zero-order valence-electron chi connectivity index (χ0n) is 11.2. The Hall–Kier alpha value is -0.930. The number of halogens is 1. The van der Waals surface area contributed by atoms with E-state index in [2.05, 4.69) is 5.32 Å². The van der Waals surface area contributed by atoms with Crippen molar-refractivity contribution in [2.75, 3.05) is 13.1 Å². The number of nitrogens with one attached hydrogen (secondary N) is 1. The Kier molecular flexibility index (Phi) is 3.85. The van der Waals surface area contributed by atoms with E-state index >= 15 is 0 Å². The Morgan fingerprint density at radius 3 is 2.32 bits per heavy atom. The molecule has 0 amide bonds. The van der Waals surface area contributed by atoms with E-state index in [1.807, 2.05) is 0 Å². The normalized spacial score (nSPS) is 20.8. The van der Waals surface area contributed by atoms with Gasteiger partial charge in [-0.3, -0.25) is 0 Å². The number of benzene rings is 1. The molecule has 2 aliphatic carbocycles. The first-order chi connectivity index (χ1) is 9.25. The van der Waals surface area contributed by atoms with Gasteiger partial charge in [-0.15, -0.1) is 0 Å². The molecule has 2 saturated carbocycles. The van der Waals surface area contributed by atoms with Gasteiger partial charge in [-0.1, -0.05) is 18.2 Å². The summed E-state index contributed by atoms with van der Waals surface area (Å²) < 4.78 is 13.5. The van der Waals surface area contributed by atoms with E-state index in [-0.39, 0.29) is 5.82 Å². The fourth-order valence-corrected chi connectivity index (χ4v) is 3.01. The Morgan fingerprint density at radius 2 is 1.74 bits per heavy atom. The molecule has 2 N–H and O–H groups in total. The number of aliphatic hydroxyl groups excluding tert-OH is 1. The Balaban J connectivity index is 1.47. The van der Waals surface area contributed by atoms with Crippen molar-refractivity contribution in [3.63, 3.8) is 0 Å². The minimum atomic E-state index is -0.750. The summed E-state index contributed by atoms with van der Waals surface area (Å²) in [5, 5.41) is 13.4. The highest BCUT2D eigenvalue weighted by Gasteiger charge is 2.40. The van der Waals surface area contributed by atoms with E-state index in [4.69, 9.17) is 0 Å². The smallest absolute Gasteiger partial charge is 0.129 e. The fraction of sp³-hybridized carbons (Fsp3) is 0.625. The maximum Gasteiger partial charge on any atom is 0.129 e. The van der Waals surface area contributed by atoms with Gasteiger partial charge in [-0.25, -0.2) is 4.39 Å². The first kappa shape index (κ1) is 13.1. The van der Waals surface area contributed by atoms with Crippen molar-refractivity contribution in [2.45, 2.75) is 31.8 Å². The van der Waals surface area contributed by atoms with Crippen LogP contribution in [0.4, 0.5) is 4.39 Å². The van der Waals surface area contributed by atoms with Crippen LogP contribution in [0, 0.1) is 23.6 Å². The number of hydrogen-bond acceptors (Lipinski definition) is 2. The summed E-state index contributed by atoms with van der Waals surface area (Å²) in [4.78, 5) is 0. The maximum absolute atomic E-state index is 13.5. The van der Waals surface area contributed by atoms with Crippen LogP contribution >= 0.6 is 0 Å². The minimum absolute atomic E-state index is 0.322. The van der Waals surface area contributed by atoms with Crippen LogP contribution in [0.15, 0.2) is 24.3 Å². The molecule has 2 fully saturated rings. The summed E-state index contributed by atoms with van der Waals surface area (Å²) in [6, 6.07) is 6.46. The van der Waals surface area contributed by atoms with E-state index in [1.165, 1.54) is 31.7 Å². The lowest BCUT2D eigenvalue weighted by atomic mass is 9.98. The highest BCUT2D eigenvalue weighted by atomic mass is 19.1. The Bertz CT molecular complexity index is 417. The summed E-state index contributed by atoms with van der Waals surface area (Å²) in [6.07, 6.45) is 4.75. The molecule has 0 bridgehead atoms. The van der Waals surface area contributed by atoms with Crippen LogP contribution in [0.3, 0.4) is 0 Å². The van der Waals surface area contributed by atoms with Crippen LogP contribution in [0.25, 0.3) is 0 Å². The largest absolute Gasteiger partial charge is 0.387 e. The molecule has 0 heterocycles. The molecule has 1 atom stereocenters. The van der Waals surface area contributed by atoms with Gasteiger partial charge >= 0.3 is 0 Å². The molecule has 104 valence electrons. The van der Waals surface area contributed by atoms with E-state index in [1.54, 1.807) is 18.2 Å². The van der Waals surface area contributed by atoms with Gasteiger partial charge in [0.05, 0.1) is 6.10 Å². The zero-order chi connectivity index (χ0) is 13.2. The van der Waals surface area contributed by atoms with Gasteiger partial charge in [0.25, 0.3) is 0 Å². The predicted molar refractivity (Wildman–Crippen MR) is 73.2 cm³/mol. The summed E-state index contributed by atoms with van der Waals surface area (Å²) in [5.74, 6) is 2.28. The number of hydrogen-bond donors (Lipinski definition) is 2. The van der Waals surface area contributed by atoms with Crippen LogP contribution in [-0.4, -0.2) is 18.2 Å². The number of rotatable bonds is 7. The van der Waals surface area contributed by atoms with Crippen molar-refractivity contribution in [2.24, 2.45) is 17.8 Å². The fourth-order valence-electron chi connectivity index (χ4n) is 3.01. The van der Waals surface area contributed by atoms with Crippen molar-refractivity contribution >= 4 is 0 Å². The molecule has 0 aromatic heterocycles. The van der Waals surface area contributed by atoms with Crippen LogP contribution < -0.4 is 5.32 Å². The Labute approximate surface area is 114 Å². The lowest BCUT2D eigenvalue weighted by Crippen LogP contribution is -2.29. The molecule has 1 aromatic carbocycles. The van der Waals surface area contributed by atoms with E-state index in [0.717, 1.165) is 24.3 Å². The van der Waals surface area contributed by atoms with Crippen molar-refractivity contribution in [1.82, 2.24) is 5.32 Å². The molecule has 0 saturated heterocycles. The maximum atomic E-state index is 13.5. The van der Waals surface area contributed by atoms with E-state index in [9.17, 15) is 9.50 Å². The first-order valence-electron chi connectivity index (χ1n) is 7.39. The molecule has 0 aliphatic heterocycles. The molecular weight excluding hydrogens is 241 g/mol. The third kappa shape index (κ3) is 3.34. The molecule has 3 heteroatoms. The zero-order valence-corrected chi connectivity index (χ0v) is 11.2. The van der Waals surface area contributed by atoms with Crippen LogP contribution in [0.5, 0.6) is 0 Å². The molecule has 1 unspecified atom stereocenters. The highest BCUT2D eigenvalue weighted by molar-refractivity contribution is 5.19. The summed E-state index contributed by atoms with van der Waals surface area (Å²) >= 11 is 0. The van der Waals surface area contributed by atoms with Crippen LogP contribution in [0.2, 0.25) is 0 Å². The van der Waals surface area contributed by atoms with Gasteiger partial charge in [0.1, 0.15) is 5.82 Å². The molecule has 1 aromatic rings. The third-order valence-electron chi connectivity index (χ3n) is 4.44. The first-order valence-corrected chi connectivity index (χ1v) is 7.39. The number of aliphatic hydroxyl groups is 1. The molecule has 0 spiro atoms. The second-order valence-corrected chi connectivity index (χ2v) is 6.03. The van der Waals surface area contributed by atoms with Crippen molar-refractivity contribution < 1.29 is 9.50 Å². The molecular formula is C16H22FNO. The Morgan fingerprint density at radius 1 is 1.11 bits per heavy atom. The molecule has 2 nitrogen and oxygen atoms in total. The van der Waals surface area contributed by atoms with Crippen molar-refractivity contribution in [3.05, 3.63) is 35.6 Å². The van der Waals surface area contributed by atoms with Gasteiger partial charge < -0.3 is 10.4 Å². The molecule has 19 heavy (non-hydrogen) atoms. The summed E-state index contributed by atoms with van der Waals surface area (Å²) in [7, 11) is 0. The molecule has 3 rings (SSSR count). The lowest BCUT2D eigenvalue weighted by molar-refractivity contribution is 0.166. The predicted octanol–water partition coefficient (Wildman–Crippen LogP) is 2.88. The molecule has 0 radical (unpaired) electrons. The van der Waals surface area contributed by atoms with Gasteiger partial charge in [0, 0.05) is 12.1 Å². The standard InChI is InChI=1S/C16H22FNO/c17-15-4-2-1-3-13(15)16(19)10-18-9-14(11-5-6-11)12-7-8-12/h1-4,11-12,14,16,18-19H,5-10H2. The monoisotopic (exact) mass is 263 g/mol. The summed E-state index contributed by atoms with van der Waals surface area (Å²) in [5.41, 5.74) is 0.393. The highest BCUT2D eigenvalue weighted by Crippen LogP contribution is 2.48. The lowest BCUT2D eigenvalue weighted by Gasteiger charge is -2.18. The van der Waals surface area contributed by atoms with Gasteiger partial charge in [0.2, 0.25) is 0 Å². The van der Waals surface area contributed by atoms with E-state index < -0.39 is 6.10 Å². The van der Waals surface area contributed by atoms with Crippen LogP contribution in [0.1, 0.15) is 37.4 Å². The minimum Gasteiger partial charge on any atom is -0.387 e. The second-order valence-electron chi connectivity index (χ2n) is 6.03. The van der Waals surface area contributed by atoms with Gasteiger partial charge in [-0.05, 0) is 56.0 Å². The topological polar surface area (TPSA) is 32.3 Å². The van der Waals surface area contributed by atoms with Crippen molar-refractivity contribution in [1.29, 1.82) is 0 Å². The average molecular weight is 263 g/mol. The third-order valence-corrected chi connectivity index (χ3v) is 4.44. The molecule has 2 aliphatic rings. The average Bonchev–Trinajstić information content (AvgIpc) is 3.28.